The molecule has 8 heteroatoms. The number of aromatic nitrogens is 4. The van der Waals surface area contributed by atoms with E-state index in [0.717, 1.165) is 6.42 Å². The molecule has 0 aliphatic heterocycles. The minimum Gasteiger partial charge on any atom is -0.396 e. The van der Waals surface area contributed by atoms with E-state index in [0.29, 0.717) is 17.6 Å². The second-order valence-electron chi connectivity index (χ2n) is 4.38. The van der Waals surface area contributed by atoms with Gasteiger partial charge in [0.2, 0.25) is 5.28 Å². The van der Waals surface area contributed by atoms with Gasteiger partial charge in [-0.15, -0.1) is 0 Å². The van der Waals surface area contributed by atoms with Crippen molar-refractivity contribution < 1.29 is 10.2 Å². The van der Waals surface area contributed by atoms with Gasteiger partial charge < -0.3 is 15.9 Å². The fourth-order valence-corrected chi connectivity index (χ4v) is 2.08. The van der Waals surface area contributed by atoms with Crippen LogP contribution in [0.25, 0.3) is 11.2 Å². The van der Waals surface area contributed by atoms with E-state index in [-0.39, 0.29) is 23.6 Å². The summed E-state index contributed by atoms with van der Waals surface area (Å²) in [7, 11) is 0. The van der Waals surface area contributed by atoms with Crippen molar-refractivity contribution in [2.45, 2.75) is 26.0 Å². The van der Waals surface area contributed by atoms with Crippen LogP contribution >= 0.6 is 11.6 Å². The monoisotopic (exact) mass is 285 g/mol. The van der Waals surface area contributed by atoms with Crippen LogP contribution in [0.1, 0.15) is 26.0 Å². The number of imidazole rings is 1. The summed E-state index contributed by atoms with van der Waals surface area (Å²) in [5.41, 5.74) is 6.48. The van der Waals surface area contributed by atoms with Crippen molar-refractivity contribution in [1.82, 2.24) is 19.5 Å². The number of rotatable bonds is 5. The largest absolute Gasteiger partial charge is 0.396 e. The second kappa shape index (κ2) is 5.68. The number of aliphatic hydroxyl groups excluding tert-OH is 2. The van der Waals surface area contributed by atoms with Gasteiger partial charge in [0.1, 0.15) is 11.7 Å². The van der Waals surface area contributed by atoms with Crippen LogP contribution in [0.3, 0.4) is 0 Å². The summed E-state index contributed by atoms with van der Waals surface area (Å²) in [6.45, 7) is 1.98. The van der Waals surface area contributed by atoms with Gasteiger partial charge in [0.25, 0.3) is 0 Å². The van der Waals surface area contributed by atoms with Gasteiger partial charge in [0.15, 0.2) is 11.5 Å². The molecular formula is C11H16ClN5O2. The molecule has 2 atom stereocenters. The Morgan fingerprint density at radius 2 is 2.21 bits per heavy atom. The first-order chi connectivity index (χ1) is 9.06. The molecule has 0 saturated heterocycles. The van der Waals surface area contributed by atoms with Crippen LogP contribution < -0.4 is 5.73 Å². The Morgan fingerprint density at radius 1 is 1.47 bits per heavy atom. The van der Waals surface area contributed by atoms with Crippen molar-refractivity contribution in [1.29, 1.82) is 0 Å². The average molecular weight is 286 g/mol. The van der Waals surface area contributed by atoms with E-state index in [1.165, 1.54) is 10.9 Å². The highest BCUT2D eigenvalue weighted by Gasteiger charge is 2.18. The first-order valence-electron chi connectivity index (χ1n) is 6.01. The maximum absolute atomic E-state index is 10.2. The van der Waals surface area contributed by atoms with Gasteiger partial charge in [-0.2, -0.15) is 9.97 Å². The van der Waals surface area contributed by atoms with Gasteiger partial charge in [-0.25, -0.2) is 4.98 Å². The Bertz CT molecular complexity index is 569. The average Bonchev–Trinajstić information content (AvgIpc) is 2.79. The molecule has 0 aromatic carbocycles. The molecule has 0 radical (unpaired) electrons. The number of halogens is 1. The molecule has 0 fully saturated rings. The van der Waals surface area contributed by atoms with Crippen molar-refractivity contribution >= 4 is 28.6 Å². The zero-order chi connectivity index (χ0) is 14.0. The molecule has 0 amide bonds. The molecule has 2 aromatic heterocycles. The lowest BCUT2D eigenvalue weighted by molar-refractivity contribution is 0.0626. The minimum atomic E-state index is -0.840. The SMILES string of the molecule is CCC(CO)CC(O)n1cnc2c(N)nc(Cl)nc21. The lowest BCUT2D eigenvalue weighted by atomic mass is 10.0. The lowest BCUT2D eigenvalue weighted by Crippen LogP contribution is -2.15. The predicted molar refractivity (Wildman–Crippen MR) is 71.5 cm³/mol. The number of hydrogen-bond donors (Lipinski definition) is 3. The van der Waals surface area contributed by atoms with Crippen LogP contribution in [0.15, 0.2) is 6.33 Å². The fraction of sp³-hybridized carbons (Fsp3) is 0.545. The molecule has 2 heterocycles. The normalized spacial score (nSPS) is 14.7. The van der Waals surface area contributed by atoms with E-state index in [1.807, 2.05) is 6.92 Å². The van der Waals surface area contributed by atoms with Gasteiger partial charge in [0, 0.05) is 6.61 Å². The zero-order valence-electron chi connectivity index (χ0n) is 10.5. The van der Waals surface area contributed by atoms with Crippen LogP contribution in [0.2, 0.25) is 5.28 Å². The van der Waals surface area contributed by atoms with Crippen LogP contribution in [0.5, 0.6) is 0 Å². The number of aliphatic hydroxyl groups is 2. The Hall–Kier alpha value is -1.44. The highest BCUT2D eigenvalue weighted by Crippen LogP contribution is 2.24. The number of anilines is 1. The summed E-state index contributed by atoms with van der Waals surface area (Å²) >= 11 is 5.75. The molecule has 0 aliphatic carbocycles. The molecule has 4 N–H and O–H groups in total. The quantitative estimate of drug-likeness (QED) is 0.706. The Morgan fingerprint density at radius 3 is 2.84 bits per heavy atom. The maximum atomic E-state index is 10.2. The first-order valence-corrected chi connectivity index (χ1v) is 6.39. The summed E-state index contributed by atoms with van der Waals surface area (Å²) in [6.07, 6.45) is 1.78. The number of fused-ring (bicyclic) bond motifs is 1. The van der Waals surface area contributed by atoms with Crippen LogP contribution in [0.4, 0.5) is 5.82 Å². The highest BCUT2D eigenvalue weighted by atomic mass is 35.5. The molecule has 7 nitrogen and oxygen atoms in total. The third-order valence-electron chi connectivity index (χ3n) is 3.12. The van der Waals surface area contributed by atoms with Gasteiger partial charge in [-0.3, -0.25) is 4.57 Å². The third-order valence-corrected chi connectivity index (χ3v) is 3.29. The van der Waals surface area contributed by atoms with Crippen molar-refractivity contribution in [3.05, 3.63) is 11.6 Å². The van der Waals surface area contributed by atoms with Gasteiger partial charge in [-0.05, 0) is 23.9 Å². The van der Waals surface area contributed by atoms with Crippen molar-refractivity contribution in [2.24, 2.45) is 5.92 Å². The summed E-state index contributed by atoms with van der Waals surface area (Å²) in [6, 6.07) is 0. The molecule has 2 aromatic rings. The number of nitrogens with two attached hydrogens (primary N) is 1. The molecule has 0 spiro atoms. The molecule has 0 bridgehead atoms. The smallest absolute Gasteiger partial charge is 0.226 e. The van der Waals surface area contributed by atoms with E-state index in [2.05, 4.69) is 15.0 Å². The third kappa shape index (κ3) is 2.78. The van der Waals surface area contributed by atoms with E-state index in [1.54, 1.807) is 0 Å². The summed E-state index contributed by atoms with van der Waals surface area (Å²) in [5, 5.41) is 19.4. The predicted octanol–water partition coefficient (Wildman–Crippen LogP) is 0.961. The molecule has 0 aliphatic rings. The molecule has 19 heavy (non-hydrogen) atoms. The molecular weight excluding hydrogens is 270 g/mol. The zero-order valence-corrected chi connectivity index (χ0v) is 11.2. The minimum absolute atomic E-state index is 0.00755. The topological polar surface area (TPSA) is 110 Å². The molecule has 0 saturated carbocycles. The van der Waals surface area contributed by atoms with E-state index < -0.39 is 6.23 Å². The molecule has 2 rings (SSSR count). The Balaban J connectivity index is 2.34. The van der Waals surface area contributed by atoms with E-state index in [4.69, 9.17) is 17.3 Å². The first kappa shape index (κ1) is 14.0. The van der Waals surface area contributed by atoms with Crippen molar-refractivity contribution in [3.63, 3.8) is 0 Å². The standard InChI is InChI=1S/C11H16ClN5O2/c1-2-6(4-18)3-7(19)17-5-14-8-9(13)15-11(12)16-10(8)17/h5-7,18-19H,2-4H2,1H3,(H2,13,15,16). The van der Waals surface area contributed by atoms with Crippen molar-refractivity contribution in [2.75, 3.05) is 12.3 Å². The molecule has 104 valence electrons. The highest BCUT2D eigenvalue weighted by molar-refractivity contribution is 6.28. The fourth-order valence-electron chi connectivity index (χ4n) is 1.91. The number of nitrogens with zero attached hydrogens (tertiary/aromatic N) is 4. The van der Waals surface area contributed by atoms with Gasteiger partial charge in [-0.1, -0.05) is 13.3 Å². The van der Waals surface area contributed by atoms with Gasteiger partial charge in [0.05, 0.1) is 6.33 Å². The number of nitrogen functional groups attached to an aromatic ring is 1. The van der Waals surface area contributed by atoms with Crippen molar-refractivity contribution in [3.8, 4) is 0 Å². The summed E-state index contributed by atoms with van der Waals surface area (Å²) in [4.78, 5) is 11.9. The Kier molecular flexibility index (Phi) is 4.18. The van der Waals surface area contributed by atoms with Crippen LogP contribution in [0, 0.1) is 5.92 Å². The second-order valence-corrected chi connectivity index (χ2v) is 4.71. The Labute approximate surface area is 115 Å². The van der Waals surface area contributed by atoms with Gasteiger partial charge >= 0.3 is 0 Å². The van der Waals surface area contributed by atoms with Crippen LogP contribution in [-0.2, 0) is 0 Å². The number of hydrogen-bond acceptors (Lipinski definition) is 6. The van der Waals surface area contributed by atoms with E-state index >= 15 is 0 Å². The van der Waals surface area contributed by atoms with Crippen LogP contribution in [-0.4, -0.2) is 36.3 Å². The summed E-state index contributed by atoms with van der Waals surface area (Å²) in [5.74, 6) is 0.192. The molecule has 2 unspecified atom stereocenters. The lowest BCUT2D eigenvalue weighted by Gasteiger charge is -2.18. The maximum Gasteiger partial charge on any atom is 0.226 e. The van der Waals surface area contributed by atoms with E-state index in [9.17, 15) is 10.2 Å². The summed E-state index contributed by atoms with van der Waals surface area (Å²) < 4.78 is 1.48.